The number of ether oxygens (including phenoxy) is 3. The highest BCUT2D eigenvalue weighted by Gasteiger charge is 2.23. The van der Waals surface area contributed by atoms with Gasteiger partial charge in [0.1, 0.15) is 0 Å². The Morgan fingerprint density at radius 3 is 1.97 bits per heavy atom. The number of nitrogens with one attached hydrogen (secondary N) is 2. The van der Waals surface area contributed by atoms with Gasteiger partial charge in [-0.25, -0.2) is 8.42 Å². The molecule has 0 unspecified atom stereocenters. The molecule has 0 radical (unpaired) electrons. The van der Waals surface area contributed by atoms with Gasteiger partial charge in [0.25, 0.3) is 5.91 Å². The van der Waals surface area contributed by atoms with Crippen LogP contribution >= 0.6 is 12.2 Å². The number of rotatable bonds is 7. The van der Waals surface area contributed by atoms with Crippen molar-refractivity contribution in [2.24, 2.45) is 0 Å². The first-order valence-electron chi connectivity index (χ1n) is 10.4. The van der Waals surface area contributed by atoms with Crippen molar-refractivity contribution in [2.75, 3.05) is 64.0 Å². The first kappa shape index (κ1) is 25.5. The van der Waals surface area contributed by atoms with Crippen LogP contribution in [0.15, 0.2) is 36.4 Å². The van der Waals surface area contributed by atoms with Crippen molar-refractivity contribution in [2.45, 2.75) is 0 Å². The van der Waals surface area contributed by atoms with Crippen molar-refractivity contribution >= 4 is 44.6 Å². The van der Waals surface area contributed by atoms with Crippen LogP contribution in [0, 0.1) is 0 Å². The minimum Gasteiger partial charge on any atom is -0.493 e. The molecule has 0 saturated carbocycles. The van der Waals surface area contributed by atoms with Crippen LogP contribution in [0.5, 0.6) is 17.2 Å². The molecule has 10 nitrogen and oxygen atoms in total. The normalized spacial score (nSPS) is 14.3. The van der Waals surface area contributed by atoms with Crippen LogP contribution < -0.4 is 29.7 Å². The average molecular weight is 509 g/mol. The van der Waals surface area contributed by atoms with Gasteiger partial charge in [-0.1, -0.05) is 0 Å². The summed E-state index contributed by atoms with van der Waals surface area (Å²) in [6, 6.07) is 10.6. The van der Waals surface area contributed by atoms with Crippen LogP contribution in [0.3, 0.4) is 0 Å². The van der Waals surface area contributed by atoms with Crippen molar-refractivity contribution in [1.82, 2.24) is 9.62 Å². The second kappa shape index (κ2) is 10.9. The molecule has 0 spiro atoms. The number of piperazine rings is 1. The lowest BCUT2D eigenvalue weighted by Gasteiger charge is -2.34. The van der Waals surface area contributed by atoms with E-state index in [4.69, 9.17) is 26.4 Å². The maximum atomic E-state index is 12.7. The number of methoxy groups -OCH3 is 3. The van der Waals surface area contributed by atoms with Crippen LogP contribution in [0.4, 0.5) is 11.4 Å². The molecule has 1 aliphatic rings. The fraction of sp³-hybridized carbons (Fsp3) is 0.364. The minimum absolute atomic E-state index is 0.133. The summed E-state index contributed by atoms with van der Waals surface area (Å²) in [4.78, 5) is 14.8. The number of nitrogens with zero attached hydrogens (tertiary/aromatic N) is 2. The van der Waals surface area contributed by atoms with Gasteiger partial charge in [0.15, 0.2) is 16.6 Å². The largest absolute Gasteiger partial charge is 0.493 e. The highest BCUT2D eigenvalue weighted by molar-refractivity contribution is 7.88. The van der Waals surface area contributed by atoms with Crippen molar-refractivity contribution in [3.63, 3.8) is 0 Å². The second-order valence-electron chi connectivity index (χ2n) is 7.52. The Bertz CT molecular complexity index is 1120. The summed E-state index contributed by atoms with van der Waals surface area (Å²) in [6.07, 6.45) is 1.23. The minimum atomic E-state index is -3.17. The number of carbonyl (C=O) groups is 1. The molecule has 1 saturated heterocycles. The van der Waals surface area contributed by atoms with Crippen molar-refractivity contribution < 1.29 is 27.4 Å². The van der Waals surface area contributed by atoms with Gasteiger partial charge in [-0.3, -0.25) is 10.1 Å². The molecule has 0 aliphatic carbocycles. The zero-order valence-corrected chi connectivity index (χ0v) is 21.1. The Hall–Kier alpha value is -3.09. The summed E-state index contributed by atoms with van der Waals surface area (Å²) >= 11 is 5.29. The van der Waals surface area contributed by atoms with E-state index in [0.29, 0.717) is 54.7 Å². The number of amides is 1. The Morgan fingerprint density at radius 2 is 1.50 bits per heavy atom. The van der Waals surface area contributed by atoms with Gasteiger partial charge < -0.3 is 24.4 Å². The quantitative estimate of drug-likeness (QED) is 0.542. The van der Waals surface area contributed by atoms with E-state index in [9.17, 15) is 13.2 Å². The van der Waals surface area contributed by atoms with Gasteiger partial charge in [-0.2, -0.15) is 4.31 Å². The van der Waals surface area contributed by atoms with Crippen LogP contribution in [0.25, 0.3) is 0 Å². The van der Waals surface area contributed by atoms with E-state index >= 15 is 0 Å². The maximum Gasteiger partial charge on any atom is 0.257 e. The molecule has 2 aromatic carbocycles. The van der Waals surface area contributed by atoms with E-state index in [0.717, 1.165) is 5.69 Å². The van der Waals surface area contributed by atoms with Gasteiger partial charge in [0, 0.05) is 43.1 Å². The second-order valence-corrected chi connectivity index (χ2v) is 9.91. The summed E-state index contributed by atoms with van der Waals surface area (Å²) in [6.45, 7) is 2.14. The van der Waals surface area contributed by atoms with E-state index in [1.807, 2.05) is 24.3 Å². The average Bonchev–Trinajstić information content (AvgIpc) is 2.82. The maximum absolute atomic E-state index is 12.7. The van der Waals surface area contributed by atoms with Crippen LogP contribution in [0.2, 0.25) is 0 Å². The highest BCUT2D eigenvalue weighted by atomic mass is 32.2. The van der Waals surface area contributed by atoms with Gasteiger partial charge in [-0.05, 0) is 48.6 Å². The summed E-state index contributed by atoms with van der Waals surface area (Å²) in [5.41, 5.74) is 1.97. The van der Waals surface area contributed by atoms with Gasteiger partial charge >= 0.3 is 0 Å². The summed E-state index contributed by atoms with van der Waals surface area (Å²) in [5, 5.41) is 5.76. The Kier molecular flexibility index (Phi) is 8.18. The molecule has 0 atom stereocenters. The standard InChI is InChI=1S/C22H28N4O6S2/c1-30-18-13-15(14-19(31-2)20(18)32-3)21(27)24-22(33)23-16-5-7-17(8-6-16)25-9-11-26(12-10-25)34(4,28)29/h5-8,13-14H,9-12H2,1-4H3,(H2,23,24,27,33). The molecule has 3 rings (SSSR count). The third-order valence-corrected chi connectivity index (χ3v) is 6.86. The first-order chi connectivity index (χ1) is 16.2. The smallest absolute Gasteiger partial charge is 0.257 e. The SMILES string of the molecule is COc1cc(C(=O)NC(=S)Nc2ccc(N3CCN(S(C)(=O)=O)CC3)cc2)cc(OC)c1OC. The van der Waals surface area contributed by atoms with Crippen LogP contribution in [-0.4, -0.2) is 77.5 Å². The van der Waals surface area contributed by atoms with Crippen molar-refractivity contribution in [3.8, 4) is 17.2 Å². The Balaban J connectivity index is 1.60. The Morgan fingerprint density at radius 1 is 0.941 bits per heavy atom. The fourth-order valence-electron chi connectivity index (χ4n) is 3.58. The lowest BCUT2D eigenvalue weighted by atomic mass is 10.1. The van der Waals surface area contributed by atoms with E-state index in [1.165, 1.54) is 44.0 Å². The molecule has 1 aliphatic heterocycles. The third-order valence-electron chi connectivity index (χ3n) is 5.35. The zero-order chi connectivity index (χ0) is 24.9. The molecule has 1 amide bonds. The lowest BCUT2D eigenvalue weighted by Crippen LogP contribution is -2.48. The number of hydrogen-bond acceptors (Lipinski definition) is 8. The lowest BCUT2D eigenvalue weighted by molar-refractivity contribution is 0.0977. The molecular formula is C22H28N4O6S2. The zero-order valence-electron chi connectivity index (χ0n) is 19.5. The fourth-order valence-corrected chi connectivity index (χ4v) is 4.62. The molecule has 1 fully saturated rings. The van der Waals surface area contributed by atoms with E-state index < -0.39 is 15.9 Å². The molecule has 12 heteroatoms. The first-order valence-corrected chi connectivity index (χ1v) is 12.6. The molecular weight excluding hydrogens is 480 g/mol. The van der Waals surface area contributed by atoms with E-state index in [-0.39, 0.29) is 5.11 Å². The van der Waals surface area contributed by atoms with Crippen molar-refractivity contribution in [3.05, 3.63) is 42.0 Å². The molecule has 2 N–H and O–H groups in total. The van der Waals surface area contributed by atoms with E-state index in [1.54, 1.807) is 0 Å². The molecule has 0 bridgehead atoms. The van der Waals surface area contributed by atoms with E-state index in [2.05, 4.69) is 15.5 Å². The molecule has 0 aromatic heterocycles. The summed E-state index contributed by atoms with van der Waals surface area (Å²) in [7, 11) is 1.27. The van der Waals surface area contributed by atoms with Gasteiger partial charge in [-0.15, -0.1) is 0 Å². The summed E-state index contributed by atoms with van der Waals surface area (Å²) in [5.74, 6) is 0.676. The number of hydrogen-bond donors (Lipinski definition) is 2. The number of anilines is 2. The predicted octanol–water partition coefficient (Wildman–Crippen LogP) is 1.92. The summed E-state index contributed by atoms with van der Waals surface area (Å²) < 4.78 is 40.7. The molecule has 184 valence electrons. The monoisotopic (exact) mass is 508 g/mol. The van der Waals surface area contributed by atoms with Crippen molar-refractivity contribution in [1.29, 1.82) is 0 Å². The number of benzene rings is 2. The Labute approximate surface area is 204 Å². The van der Waals surface area contributed by atoms with Gasteiger partial charge in [0.05, 0.1) is 27.6 Å². The topological polar surface area (TPSA) is 109 Å². The molecule has 2 aromatic rings. The third kappa shape index (κ3) is 6.07. The molecule has 34 heavy (non-hydrogen) atoms. The predicted molar refractivity (Wildman–Crippen MR) is 135 cm³/mol. The van der Waals surface area contributed by atoms with Crippen LogP contribution in [-0.2, 0) is 10.0 Å². The highest BCUT2D eigenvalue weighted by Crippen LogP contribution is 2.38. The number of thiocarbonyl (C=S) groups is 1. The molecule has 1 heterocycles. The number of carbonyl (C=O) groups excluding carboxylic acids is 1. The van der Waals surface area contributed by atoms with Crippen LogP contribution in [0.1, 0.15) is 10.4 Å². The number of sulfonamides is 1. The van der Waals surface area contributed by atoms with Gasteiger partial charge in [0.2, 0.25) is 15.8 Å².